The number of hydrogen-bond acceptors (Lipinski definition) is 3. The number of hydrogen-bond donors (Lipinski definition) is 2. The van der Waals surface area contributed by atoms with E-state index in [1.165, 1.54) is 6.42 Å². The van der Waals surface area contributed by atoms with Crippen LogP contribution in [0.2, 0.25) is 0 Å². The topological polar surface area (TPSA) is 45.4 Å². The molecule has 3 heteroatoms. The van der Waals surface area contributed by atoms with Crippen LogP contribution in [0.15, 0.2) is 34.7 Å². The number of aliphatic hydroxyl groups excluding tert-OH is 1. The van der Waals surface area contributed by atoms with Crippen LogP contribution in [0.4, 0.5) is 0 Å². The Labute approximate surface area is 113 Å². The van der Waals surface area contributed by atoms with Crippen LogP contribution in [0.5, 0.6) is 0 Å². The van der Waals surface area contributed by atoms with Crippen molar-refractivity contribution < 1.29 is 9.52 Å². The number of nitrogens with one attached hydrogen (secondary N) is 1. The number of furan rings is 1. The molecule has 0 radical (unpaired) electrons. The number of rotatable bonds is 4. The lowest BCUT2D eigenvalue weighted by atomic mass is 10.0. The first-order valence-electron chi connectivity index (χ1n) is 7.13. The van der Waals surface area contributed by atoms with Crippen LogP contribution in [0, 0.1) is 5.92 Å². The molecule has 0 bridgehead atoms. The van der Waals surface area contributed by atoms with Crippen molar-refractivity contribution in [1.82, 2.24) is 5.32 Å². The van der Waals surface area contributed by atoms with E-state index in [0.29, 0.717) is 12.0 Å². The van der Waals surface area contributed by atoms with Crippen molar-refractivity contribution in [2.75, 3.05) is 6.61 Å². The van der Waals surface area contributed by atoms with Crippen LogP contribution < -0.4 is 5.32 Å². The molecule has 1 saturated carbocycles. The predicted octanol–water partition coefficient (Wildman–Crippen LogP) is 3.24. The van der Waals surface area contributed by atoms with E-state index in [1.54, 1.807) is 0 Å². The standard InChI is InChI=1S/C16H21NO2/c1-11(17-14-7-4-6-13(14)10-18)16-9-12-5-2-3-8-15(12)19-16/h2-3,5,8-9,11,13-14,17-18H,4,6-7,10H2,1H3. The van der Waals surface area contributed by atoms with Crippen LogP contribution in [-0.2, 0) is 0 Å². The van der Waals surface area contributed by atoms with Crippen molar-refractivity contribution in [3.63, 3.8) is 0 Å². The first-order chi connectivity index (χ1) is 9.28. The highest BCUT2D eigenvalue weighted by Gasteiger charge is 2.28. The molecule has 3 unspecified atom stereocenters. The average molecular weight is 259 g/mol. The van der Waals surface area contributed by atoms with Gasteiger partial charge in [0, 0.05) is 18.0 Å². The fourth-order valence-corrected chi connectivity index (χ4v) is 3.09. The van der Waals surface area contributed by atoms with Gasteiger partial charge in [-0.05, 0) is 37.8 Å². The largest absolute Gasteiger partial charge is 0.459 e. The molecule has 3 nitrogen and oxygen atoms in total. The minimum atomic E-state index is 0.185. The summed E-state index contributed by atoms with van der Waals surface area (Å²) in [4.78, 5) is 0. The average Bonchev–Trinajstić information content (AvgIpc) is 3.03. The van der Waals surface area contributed by atoms with Crippen LogP contribution in [0.3, 0.4) is 0 Å². The second-order valence-electron chi connectivity index (χ2n) is 5.55. The first kappa shape index (κ1) is 12.7. The third-order valence-corrected chi connectivity index (χ3v) is 4.23. The molecule has 19 heavy (non-hydrogen) atoms. The van der Waals surface area contributed by atoms with Gasteiger partial charge in [0.1, 0.15) is 11.3 Å². The molecule has 3 rings (SSSR count). The Balaban J connectivity index is 1.74. The SMILES string of the molecule is CC(NC1CCCC1CO)c1cc2ccccc2o1. The second-order valence-corrected chi connectivity index (χ2v) is 5.55. The molecule has 0 aliphatic heterocycles. The summed E-state index contributed by atoms with van der Waals surface area (Å²) >= 11 is 0. The van der Waals surface area contributed by atoms with Crippen molar-refractivity contribution in [2.24, 2.45) is 5.92 Å². The van der Waals surface area contributed by atoms with Crippen LogP contribution in [0.1, 0.15) is 38.0 Å². The summed E-state index contributed by atoms with van der Waals surface area (Å²) in [7, 11) is 0. The zero-order valence-corrected chi connectivity index (χ0v) is 11.3. The number of benzene rings is 1. The lowest BCUT2D eigenvalue weighted by Crippen LogP contribution is -2.35. The van der Waals surface area contributed by atoms with Gasteiger partial charge in [0.2, 0.25) is 0 Å². The predicted molar refractivity (Wildman–Crippen MR) is 76.0 cm³/mol. The quantitative estimate of drug-likeness (QED) is 0.886. The maximum Gasteiger partial charge on any atom is 0.134 e. The summed E-state index contributed by atoms with van der Waals surface area (Å²) < 4.78 is 5.88. The Kier molecular flexibility index (Phi) is 3.58. The summed E-state index contributed by atoms with van der Waals surface area (Å²) in [6.45, 7) is 2.41. The highest BCUT2D eigenvalue weighted by Crippen LogP contribution is 2.29. The summed E-state index contributed by atoms with van der Waals surface area (Å²) in [6.07, 6.45) is 3.48. The highest BCUT2D eigenvalue weighted by molar-refractivity contribution is 5.77. The Morgan fingerprint density at radius 1 is 1.37 bits per heavy atom. The van der Waals surface area contributed by atoms with E-state index < -0.39 is 0 Å². The molecule has 1 fully saturated rings. The monoisotopic (exact) mass is 259 g/mol. The molecule has 1 heterocycles. The minimum absolute atomic E-state index is 0.185. The number of para-hydroxylation sites is 1. The summed E-state index contributed by atoms with van der Waals surface area (Å²) in [5.74, 6) is 1.37. The van der Waals surface area contributed by atoms with Crippen molar-refractivity contribution in [1.29, 1.82) is 0 Å². The maximum atomic E-state index is 9.37. The van der Waals surface area contributed by atoms with Gasteiger partial charge in [-0.15, -0.1) is 0 Å². The lowest BCUT2D eigenvalue weighted by molar-refractivity contribution is 0.198. The van der Waals surface area contributed by atoms with Gasteiger partial charge in [-0.3, -0.25) is 0 Å². The Morgan fingerprint density at radius 3 is 3.00 bits per heavy atom. The third kappa shape index (κ3) is 2.53. The van der Waals surface area contributed by atoms with Crippen LogP contribution in [-0.4, -0.2) is 17.8 Å². The highest BCUT2D eigenvalue weighted by atomic mass is 16.3. The lowest BCUT2D eigenvalue weighted by Gasteiger charge is -2.22. The molecule has 102 valence electrons. The number of fused-ring (bicyclic) bond motifs is 1. The molecule has 2 N–H and O–H groups in total. The molecule has 0 amide bonds. The summed E-state index contributed by atoms with van der Waals surface area (Å²) in [5, 5.41) is 14.1. The molecule has 1 aliphatic rings. The van der Waals surface area contributed by atoms with E-state index >= 15 is 0 Å². The Morgan fingerprint density at radius 2 is 2.21 bits per heavy atom. The molecule has 1 aromatic heterocycles. The van der Waals surface area contributed by atoms with Crippen molar-refractivity contribution >= 4 is 11.0 Å². The van der Waals surface area contributed by atoms with E-state index in [9.17, 15) is 5.11 Å². The van der Waals surface area contributed by atoms with Gasteiger partial charge in [-0.2, -0.15) is 0 Å². The molecule has 1 aromatic carbocycles. The van der Waals surface area contributed by atoms with E-state index in [1.807, 2.05) is 18.2 Å². The maximum absolute atomic E-state index is 9.37. The van der Waals surface area contributed by atoms with E-state index in [0.717, 1.165) is 29.6 Å². The first-order valence-corrected chi connectivity index (χ1v) is 7.13. The van der Waals surface area contributed by atoms with Crippen LogP contribution in [0.25, 0.3) is 11.0 Å². The van der Waals surface area contributed by atoms with Gasteiger partial charge in [0.25, 0.3) is 0 Å². The molecular weight excluding hydrogens is 238 g/mol. The Hall–Kier alpha value is -1.32. The fraction of sp³-hybridized carbons (Fsp3) is 0.500. The summed E-state index contributed by atoms with van der Waals surface area (Å²) in [5.41, 5.74) is 0.941. The molecular formula is C16H21NO2. The summed E-state index contributed by atoms with van der Waals surface area (Å²) in [6, 6.07) is 10.8. The van der Waals surface area contributed by atoms with Gasteiger partial charge in [-0.1, -0.05) is 24.6 Å². The fourth-order valence-electron chi connectivity index (χ4n) is 3.09. The van der Waals surface area contributed by atoms with Gasteiger partial charge < -0.3 is 14.8 Å². The zero-order valence-electron chi connectivity index (χ0n) is 11.3. The van der Waals surface area contributed by atoms with E-state index in [2.05, 4.69) is 24.4 Å². The van der Waals surface area contributed by atoms with Gasteiger partial charge in [-0.25, -0.2) is 0 Å². The van der Waals surface area contributed by atoms with Gasteiger partial charge >= 0.3 is 0 Å². The van der Waals surface area contributed by atoms with E-state index in [-0.39, 0.29) is 12.6 Å². The van der Waals surface area contributed by atoms with Gasteiger partial charge in [0.15, 0.2) is 0 Å². The van der Waals surface area contributed by atoms with Crippen LogP contribution >= 0.6 is 0 Å². The minimum Gasteiger partial charge on any atom is -0.459 e. The molecule has 1 aliphatic carbocycles. The van der Waals surface area contributed by atoms with Gasteiger partial charge in [0.05, 0.1) is 6.04 Å². The number of aliphatic hydroxyl groups is 1. The molecule has 3 atom stereocenters. The van der Waals surface area contributed by atoms with E-state index in [4.69, 9.17) is 4.42 Å². The molecule has 2 aromatic rings. The zero-order chi connectivity index (χ0) is 13.2. The molecule has 0 saturated heterocycles. The second kappa shape index (κ2) is 5.35. The Bertz CT molecular complexity index is 515. The van der Waals surface area contributed by atoms with Crippen molar-refractivity contribution in [3.8, 4) is 0 Å². The third-order valence-electron chi connectivity index (χ3n) is 4.23. The normalized spacial score (nSPS) is 24.9. The van der Waals surface area contributed by atoms with Crippen molar-refractivity contribution in [3.05, 3.63) is 36.1 Å². The van der Waals surface area contributed by atoms with Crippen molar-refractivity contribution in [2.45, 2.75) is 38.3 Å². The molecule has 0 spiro atoms. The smallest absolute Gasteiger partial charge is 0.134 e.